The van der Waals surface area contributed by atoms with Gasteiger partial charge in [0.1, 0.15) is 0 Å². The van der Waals surface area contributed by atoms with Crippen LogP contribution in [-0.2, 0) is 4.79 Å². The summed E-state index contributed by atoms with van der Waals surface area (Å²) in [6, 6.07) is 0.337. The van der Waals surface area contributed by atoms with Gasteiger partial charge in [-0.15, -0.1) is 0 Å². The maximum atomic E-state index is 11.5. The van der Waals surface area contributed by atoms with E-state index in [9.17, 15) is 4.79 Å². The summed E-state index contributed by atoms with van der Waals surface area (Å²) >= 11 is 0. The molecule has 1 amide bonds. The van der Waals surface area contributed by atoms with Gasteiger partial charge in [0.15, 0.2) is 0 Å². The molecule has 4 heteroatoms. The Morgan fingerprint density at radius 1 is 1.47 bits per heavy atom. The number of nitrogens with one attached hydrogen (secondary N) is 1. The van der Waals surface area contributed by atoms with Crippen molar-refractivity contribution in [1.82, 2.24) is 10.2 Å². The number of aliphatic hydroxyl groups excluding tert-OH is 1. The lowest BCUT2D eigenvalue weighted by atomic mass is 10.3. The lowest BCUT2D eigenvalue weighted by Crippen LogP contribution is -2.41. The second kappa shape index (κ2) is 8.68. The first-order chi connectivity index (χ1) is 7.11. The number of nitrogens with zero attached hydrogens (tertiary/aromatic N) is 1. The zero-order chi connectivity index (χ0) is 11.7. The van der Waals surface area contributed by atoms with Crippen LogP contribution in [0.4, 0.5) is 0 Å². The fourth-order valence-electron chi connectivity index (χ4n) is 1.30. The van der Waals surface area contributed by atoms with E-state index >= 15 is 0 Å². The molecule has 0 aromatic carbocycles. The molecule has 4 nitrogen and oxygen atoms in total. The van der Waals surface area contributed by atoms with Gasteiger partial charge in [-0.1, -0.05) is 6.92 Å². The van der Waals surface area contributed by atoms with E-state index in [1.165, 1.54) is 0 Å². The summed E-state index contributed by atoms with van der Waals surface area (Å²) in [5.74, 6) is 0.0727. The first-order valence-corrected chi connectivity index (χ1v) is 5.73. The average molecular weight is 216 g/mol. The number of hydrogen-bond acceptors (Lipinski definition) is 3. The van der Waals surface area contributed by atoms with E-state index in [2.05, 4.69) is 24.1 Å². The first-order valence-electron chi connectivity index (χ1n) is 5.73. The highest BCUT2D eigenvalue weighted by Gasteiger charge is 2.12. The van der Waals surface area contributed by atoms with Crippen LogP contribution >= 0.6 is 0 Å². The van der Waals surface area contributed by atoms with Crippen LogP contribution in [0.15, 0.2) is 0 Å². The Morgan fingerprint density at radius 2 is 2.13 bits per heavy atom. The fraction of sp³-hybridized carbons (Fsp3) is 0.909. The van der Waals surface area contributed by atoms with Gasteiger partial charge in [0.05, 0.1) is 6.54 Å². The predicted molar refractivity (Wildman–Crippen MR) is 61.7 cm³/mol. The Morgan fingerprint density at radius 3 is 2.60 bits per heavy atom. The molecule has 0 aromatic heterocycles. The maximum absolute atomic E-state index is 11.5. The van der Waals surface area contributed by atoms with E-state index in [1.54, 1.807) is 0 Å². The van der Waals surface area contributed by atoms with Gasteiger partial charge < -0.3 is 10.4 Å². The summed E-state index contributed by atoms with van der Waals surface area (Å²) in [5.41, 5.74) is 0. The van der Waals surface area contributed by atoms with Gasteiger partial charge in [-0.25, -0.2) is 0 Å². The van der Waals surface area contributed by atoms with Crippen LogP contribution in [-0.4, -0.2) is 48.2 Å². The maximum Gasteiger partial charge on any atom is 0.234 e. The quantitative estimate of drug-likeness (QED) is 0.625. The van der Waals surface area contributed by atoms with Crippen molar-refractivity contribution >= 4 is 5.91 Å². The SMILES string of the molecule is CCCNC(=O)CN(CCCO)C(C)C. The van der Waals surface area contributed by atoms with Gasteiger partial charge in [-0.2, -0.15) is 0 Å². The van der Waals surface area contributed by atoms with Crippen LogP contribution in [0.1, 0.15) is 33.6 Å². The summed E-state index contributed by atoms with van der Waals surface area (Å²) in [7, 11) is 0. The van der Waals surface area contributed by atoms with E-state index < -0.39 is 0 Å². The average Bonchev–Trinajstić information content (AvgIpc) is 2.20. The van der Waals surface area contributed by atoms with E-state index in [4.69, 9.17) is 5.11 Å². The third-order valence-corrected chi connectivity index (χ3v) is 2.25. The second-order valence-electron chi connectivity index (χ2n) is 3.99. The van der Waals surface area contributed by atoms with Gasteiger partial charge >= 0.3 is 0 Å². The van der Waals surface area contributed by atoms with Crippen LogP contribution in [0.5, 0.6) is 0 Å². The van der Waals surface area contributed by atoms with Crippen molar-refractivity contribution in [3.8, 4) is 0 Å². The number of carbonyl (C=O) groups is 1. The van der Waals surface area contributed by atoms with Crippen molar-refractivity contribution in [3.05, 3.63) is 0 Å². The highest BCUT2D eigenvalue weighted by atomic mass is 16.3. The zero-order valence-electron chi connectivity index (χ0n) is 10.1. The van der Waals surface area contributed by atoms with Gasteiger partial charge in [0.25, 0.3) is 0 Å². The van der Waals surface area contributed by atoms with Gasteiger partial charge in [0.2, 0.25) is 5.91 Å². The fourth-order valence-corrected chi connectivity index (χ4v) is 1.30. The molecule has 0 aliphatic rings. The van der Waals surface area contributed by atoms with Crippen molar-refractivity contribution in [2.24, 2.45) is 0 Å². The number of rotatable bonds is 8. The molecule has 2 N–H and O–H groups in total. The van der Waals surface area contributed by atoms with E-state index in [-0.39, 0.29) is 12.5 Å². The molecule has 0 saturated carbocycles. The molecule has 0 heterocycles. The first kappa shape index (κ1) is 14.4. The summed E-state index contributed by atoms with van der Waals surface area (Å²) < 4.78 is 0. The largest absolute Gasteiger partial charge is 0.396 e. The summed E-state index contributed by atoms with van der Waals surface area (Å²) in [6.45, 7) is 8.27. The minimum absolute atomic E-state index is 0.0727. The van der Waals surface area contributed by atoms with Crippen LogP contribution in [0.2, 0.25) is 0 Å². The highest BCUT2D eigenvalue weighted by Crippen LogP contribution is 1.98. The molecular formula is C11H24N2O2. The Labute approximate surface area is 92.7 Å². The molecule has 0 rings (SSSR count). The van der Waals surface area contributed by atoms with Crippen LogP contribution in [0.3, 0.4) is 0 Å². The predicted octanol–water partition coefficient (Wildman–Crippen LogP) is 0.605. The number of aliphatic hydroxyl groups is 1. The van der Waals surface area contributed by atoms with Crippen molar-refractivity contribution in [1.29, 1.82) is 0 Å². The van der Waals surface area contributed by atoms with Crippen LogP contribution < -0.4 is 5.32 Å². The Balaban J connectivity index is 3.87. The topological polar surface area (TPSA) is 52.6 Å². The molecular weight excluding hydrogens is 192 g/mol. The smallest absolute Gasteiger partial charge is 0.234 e. The molecule has 0 bridgehead atoms. The van der Waals surface area contributed by atoms with Crippen LogP contribution in [0.25, 0.3) is 0 Å². The van der Waals surface area contributed by atoms with Crippen molar-refractivity contribution in [2.45, 2.75) is 39.7 Å². The van der Waals surface area contributed by atoms with E-state index in [0.717, 1.165) is 25.9 Å². The molecule has 0 saturated heterocycles. The minimum atomic E-state index is 0.0727. The Bertz CT molecular complexity index is 172. The third-order valence-electron chi connectivity index (χ3n) is 2.25. The molecule has 0 atom stereocenters. The molecule has 0 aliphatic heterocycles. The van der Waals surface area contributed by atoms with E-state index in [0.29, 0.717) is 12.6 Å². The molecule has 90 valence electrons. The van der Waals surface area contributed by atoms with Gasteiger partial charge in [-0.05, 0) is 26.7 Å². The summed E-state index contributed by atoms with van der Waals surface area (Å²) in [6.07, 6.45) is 1.68. The molecule has 0 radical (unpaired) electrons. The monoisotopic (exact) mass is 216 g/mol. The van der Waals surface area contributed by atoms with Crippen LogP contribution in [0, 0.1) is 0 Å². The molecule has 0 aromatic rings. The van der Waals surface area contributed by atoms with Crippen molar-refractivity contribution in [2.75, 3.05) is 26.2 Å². The standard InChI is InChI=1S/C11H24N2O2/c1-4-6-12-11(15)9-13(10(2)3)7-5-8-14/h10,14H,4-9H2,1-3H3,(H,12,15). The Kier molecular flexibility index (Phi) is 8.33. The van der Waals surface area contributed by atoms with E-state index in [1.807, 2.05) is 6.92 Å². The van der Waals surface area contributed by atoms with Crippen molar-refractivity contribution in [3.63, 3.8) is 0 Å². The minimum Gasteiger partial charge on any atom is -0.396 e. The lowest BCUT2D eigenvalue weighted by Gasteiger charge is -2.25. The third kappa shape index (κ3) is 7.33. The normalized spacial score (nSPS) is 11.1. The van der Waals surface area contributed by atoms with Gasteiger partial charge in [0, 0.05) is 25.7 Å². The number of amides is 1. The zero-order valence-corrected chi connectivity index (χ0v) is 10.1. The lowest BCUT2D eigenvalue weighted by molar-refractivity contribution is -0.122. The molecule has 0 spiro atoms. The second-order valence-corrected chi connectivity index (χ2v) is 3.99. The molecule has 0 unspecified atom stereocenters. The number of carbonyl (C=O) groups excluding carboxylic acids is 1. The summed E-state index contributed by atoms with van der Waals surface area (Å²) in [4.78, 5) is 13.5. The highest BCUT2D eigenvalue weighted by molar-refractivity contribution is 5.77. The van der Waals surface area contributed by atoms with Gasteiger partial charge in [-0.3, -0.25) is 9.69 Å². The molecule has 15 heavy (non-hydrogen) atoms. The summed E-state index contributed by atoms with van der Waals surface area (Å²) in [5, 5.41) is 11.6. The van der Waals surface area contributed by atoms with Crippen molar-refractivity contribution < 1.29 is 9.90 Å². The molecule has 0 fully saturated rings. The molecule has 0 aliphatic carbocycles. The number of hydrogen-bond donors (Lipinski definition) is 2. The Hall–Kier alpha value is -0.610.